The van der Waals surface area contributed by atoms with Crippen LogP contribution < -0.4 is 4.74 Å². The lowest BCUT2D eigenvalue weighted by Crippen LogP contribution is -2.20. The summed E-state index contributed by atoms with van der Waals surface area (Å²) in [4.78, 5) is 10.4. The maximum Gasteiger partial charge on any atom is 0.267 e. The molecule has 0 unspecified atom stereocenters. The van der Waals surface area contributed by atoms with Crippen LogP contribution in [0.5, 0.6) is 5.75 Å². The van der Waals surface area contributed by atoms with E-state index in [0.717, 1.165) is 0 Å². The molecule has 92 valence electrons. The molecule has 0 saturated heterocycles. The lowest BCUT2D eigenvalue weighted by Gasteiger charge is -2.19. The first-order chi connectivity index (χ1) is 7.82. The molecule has 4 nitrogen and oxygen atoms in total. The summed E-state index contributed by atoms with van der Waals surface area (Å²) >= 11 is 0. The molecule has 1 aliphatic rings. The highest BCUT2D eigenvalue weighted by molar-refractivity contribution is 8.13. The van der Waals surface area contributed by atoms with E-state index in [0.29, 0.717) is 6.07 Å². The summed E-state index contributed by atoms with van der Waals surface area (Å²) < 4.78 is 53.9. The Morgan fingerprint density at radius 2 is 1.94 bits per heavy atom. The average Bonchev–Trinajstić information content (AvgIpc) is 2.14. The zero-order chi connectivity index (χ0) is 12.8. The van der Waals surface area contributed by atoms with Crippen LogP contribution in [0.2, 0.25) is 0 Å². The van der Waals surface area contributed by atoms with E-state index in [1.165, 1.54) is 0 Å². The third kappa shape index (κ3) is 2.00. The van der Waals surface area contributed by atoms with Crippen molar-refractivity contribution in [2.45, 2.75) is 11.3 Å². The van der Waals surface area contributed by atoms with Crippen LogP contribution in [0, 0.1) is 11.6 Å². The van der Waals surface area contributed by atoms with Gasteiger partial charge in [-0.15, -0.1) is 0 Å². The summed E-state index contributed by atoms with van der Waals surface area (Å²) in [7, 11) is 0.558. The van der Waals surface area contributed by atoms with Crippen LogP contribution in [-0.2, 0) is 9.05 Å². The Labute approximate surface area is 99.6 Å². The number of ether oxygens (including phenoxy) is 1. The van der Waals surface area contributed by atoms with Crippen LogP contribution >= 0.6 is 10.7 Å². The van der Waals surface area contributed by atoms with Gasteiger partial charge >= 0.3 is 0 Å². The molecule has 1 aliphatic heterocycles. The first-order valence-corrected chi connectivity index (χ1v) is 6.76. The predicted octanol–water partition coefficient (Wildman–Crippen LogP) is 1.86. The average molecular weight is 283 g/mol. The van der Waals surface area contributed by atoms with Gasteiger partial charge < -0.3 is 4.74 Å². The van der Waals surface area contributed by atoms with Crippen molar-refractivity contribution in [1.29, 1.82) is 0 Å². The van der Waals surface area contributed by atoms with E-state index in [4.69, 9.17) is 15.4 Å². The number of carbonyl (C=O) groups is 1. The Bertz CT molecular complexity index is 612. The van der Waals surface area contributed by atoms with Gasteiger partial charge in [0.25, 0.3) is 9.05 Å². The van der Waals surface area contributed by atoms with Crippen molar-refractivity contribution in [1.82, 2.24) is 0 Å². The Balaban J connectivity index is 2.87. The van der Waals surface area contributed by atoms with Gasteiger partial charge in [0.2, 0.25) is 0 Å². The second-order valence-electron chi connectivity index (χ2n) is 3.33. The largest absolute Gasteiger partial charge is 0.491 e. The molecule has 0 radical (unpaired) electrons. The minimum absolute atomic E-state index is 0.0999. The van der Waals surface area contributed by atoms with Crippen molar-refractivity contribution < 1.29 is 26.7 Å². The van der Waals surface area contributed by atoms with Gasteiger partial charge in [-0.2, -0.15) is 0 Å². The van der Waals surface area contributed by atoms with Gasteiger partial charge in [-0.05, 0) is 0 Å². The third-order valence-electron chi connectivity index (χ3n) is 2.24. The Hall–Kier alpha value is -1.21. The van der Waals surface area contributed by atoms with Crippen molar-refractivity contribution in [3.05, 3.63) is 23.3 Å². The van der Waals surface area contributed by atoms with Crippen LogP contribution in [0.3, 0.4) is 0 Å². The summed E-state index contributed by atoms with van der Waals surface area (Å²) in [6.07, 6.45) is -0.0999. The SMILES string of the molecule is O=C1CCOc2c1c(F)cc(F)c2S(=O)(=O)Cl. The van der Waals surface area contributed by atoms with Crippen molar-refractivity contribution in [3.8, 4) is 5.75 Å². The van der Waals surface area contributed by atoms with Crippen molar-refractivity contribution in [2.24, 2.45) is 0 Å². The Kier molecular flexibility index (Phi) is 2.82. The highest BCUT2D eigenvalue weighted by Crippen LogP contribution is 2.37. The molecule has 0 bridgehead atoms. The molecule has 17 heavy (non-hydrogen) atoms. The molecule has 0 aliphatic carbocycles. The fourth-order valence-corrected chi connectivity index (χ4v) is 2.68. The molecule has 8 heteroatoms. The summed E-state index contributed by atoms with van der Waals surface area (Å²) in [5.41, 5.74) is -0.572. The standard InChI is InChI=1S/C9H5ClF2O4S/c10-17(14,15)9-5(12)3-4(11)7-6(13)1-2-16-8(7)9/h3H,1-2H2. The molecule has 1 aromatic carbocycles. The maximum atomic E-state index is 13.4. The van der Waals surface area contributed by atoms with Gasteiger partial charge in [0.05, 0.1) is 12.2 Å². The number of Topliss-reactive ketones (excluding diaryl/α,β-unsaturated/α-hetero) is 1. The predicted molar refractivity (Wildman–Crippen MR) is 53.8 cm³/mol. The van der Waals surface area contributed by atoms with Crippen LogP contribution in [0.15, 0.2) is 11.0 Å². The highest BCUT2D eigenvalue weighted by Gasteiger charge is 2.33. The molecule has 0 spiro atoms. The van der Waals surface area contributed by atoms with E-state index in [2.05, 4.69) is 0 Å². The van der Waals surface area contributed by atoms with Gasteiger partial charge in [-0.25, -0.2) is 17.2 Å². The van der Waals surface area contributed by atoms with E-state index in [-0.39, 0.29) is 13.0 Å². The minimum atomic E-state index is -4.46. The Morgan fingerprint density at radius 3 is 2.53 bits per heavy atom. The molecule has 0 amide bonds. The topological polar surface area (TPSA) is 60.4 Å². The monoisotopic (exact) mass is 282 g/mol. The van der Waals surface area contributed by atoms with E-state index in [1.54, 1.807) is 0 Å². The lowest BCUT2D eigenvalue weighted by atomic mass is 10.0. The number of fused-ring (bicyclic) bond motifs is 1. The second-order valence-corrected chi connectivity index (χ2v) is 5.84. The number of halogens is 3. The molecule has 2 rings (SSSR count). The summed E-state index contributed by atoms with van der Waals surface area (Å²) in [6, 6.07) is 0.306. The quantitative estimate of drug-likeness (QED) is 0.738. The fraction of sp³-hybridized carbons (Fsp3) is 0.222. The van der Waals surface area contributed by atoms with Crippen LogP contribution in [0.25, 0.3) is 0 Å². The summed E-state index contributed by atoms with van der Waals surface area (Å²) in [5, 5.41) is 0. The lowest BCUT2D eigenvalue weighted by molar-refractivity contribution is 0.0924. The molecule has 0 aromatic heterocycles. The zero-order valence-electron chi connectivity index (χ0n) is 8.17. The zero-order valence-corrected chi connectivity index (χ0v) is 9.74. The molecular weight excluding hydrogens is 278 g/mol. The number of carbonyl (C=O) groups excluding carboxylic acids is 1. The van der Waals surface area contributed by atoms with Crippen LogP contribution in [0.4, 0.5) is 8.78 Å². The van der Waals surface area contributed by atoms with Gasteiger partial charge in [0, 0.05) is 23.2 Å². The number of hydrogen-bond acceptors (Lipinski definition) is 4. The molecule has 0 atom stereocenters. The van der Waals surface area contributed by atoms with Crippen molar-refractivity contribution in [3.63, 3.8) is 0 Å². The van der Waals surface area contributed by atoms with E-state index in [9.17, 15) is 22.0 Å². The first-order valence-electron chi connectivity index (χ1n) is 4.45. The Morgan fingerprint density at radius 1 is 1.29 bits per heavy atom. The summed E-state index contributed by atoms with van der Waals surface area (Å²) in [6.45, 7) is -0.145. The van der Waals surface area contributed by atoms with Crippen molar-refractivity contribution in [2.75, 3.05) is 6.61 Å². The molecule has 0 saturated carbocycles. The van der Waals surface area contributed by atoms with Crippen LogP contribution in [-0.4, -0.2) is 20.8 Å². The highest BCUT2D eigenvalue weighted by atomic mass is 35.7. The normalized spacial score (nSPS) is 15.4. The van der Waals surface area contributed by atoms with E-state index >= 15 is 0 Å². The fourth-order valence-electron chi connectivity index (χ4n) is 1.57. The molecule has 0 fully saturated rings. The van der Waals surface area contributed by atoms with E-state index < -0.39 is 42.7 Å². The number of rotatable bonds is 1. The van der Waals surface area contributed by atoms with E-state index in [1.807, 2.05) is 0 Å². The maximum absolute atomic E-state index is 13.4. The summed E-state index contributed by atoms with van der Waals surface area (Å²) in [5.74, 6) is -3.84. The van der Waals surface area contributed by atoms with Gasteiger partial charge in [0.15, 0.2) is 16.4 Å². The smallest absolute Gasteiger partial charge is 0.267 e. The van der Waals surface area contributed by atoms with Gasteiger partial charge in [-0.1, -0.05) is 0 Å². The minimum Gasteiger partial charge on any atom is -0.491 e. The van der Waals surface area contributed by atoms with Gasteiger partial charge in [-0.3, -0.25) is 4.79 Å². The number of hydrogen-bond donors (Lipinski definition) is 0. The van der Waals surface area contributed by atoms with Crippen LogP contribution in [0.1, 0.15) is 16.8 Å². The van der Waals surface area contributed by atoms with Crippen molar-refractivity contribution >= 4 is 25.5 Å². The molecule has 1 aromatic rings. The number of benzene rings is 1. The molecule has 1 heterocycles. The molecular formula is C9H5ClF2O4S. The number of ketones is 1. The molecule has 0 N–H and O–H groups in total. The van der Waals surface area contributed by atoms with Gasteiger partial charge in [0.1, 0.15) is 11.6 Å². The first kappa shape index (κ1) is 12.3. The second kappa shape index (κ2) is 3.92. The third-order valence-corrected chi connectivity index (χ3v) is 3.57.